The van der Waals surface area contributed by atoms with Gasteiger partial charge >= 0.3 is 0 Å². The number of hydrogen-bond acceptors (Lipinski definition) is 1. The molecule has 2 aromatic carbocycles. The molecule has 3 aromatic rings. The van der Waals surface area contributed by atoms with Crippen molar-refractivity contribution in [1.82, 2.24) is 9.78 Å². The van der Waals surface area contributed by atoms with Gasteiger partial charge in [0.25, 0.3) is 0 Å². The highest BCUT2D eigenvalue weighted by atomic mass is 127. The second-order valence-corrected chi connectivity index (χ2v) is 6.57. The number of rotatable bonds is 3. The Hall–Kier alpha value is -1.33. The van der Waals surface area contributed by atoms with E-state index in [1.165, 1.54) is 14.7 Å². The van der Waals surface area contributed by atoms with E-state index in [4.69, 9.17) is 11.6 Å². The van der Waals surface area contributed by atoms with Crippen LogP contribution in [-0.4, -0.2) is 9.78 Å². The SMILES string of the molecule is Cc1ccc(Cn2cc(-c3ccccc3I)cn2)c(Cl)c1. The average molecular weight is 409 g/mol. The van der Waals surface area contributed by atoms with Crippen LogP contribution in [0, 0.1) is 10.5 Å². The molecule has 2 nitrogen and oxygen atoms in total. The van der Waals surface area contributed by atoms with Gasteiger partial charge in [-0.15, -0.1) is 0 Å². The van der Waals surface area contributed by atoms with E-state index in [0.717, 1.165) is 16.1 Å². The van der Waals surface area contributed by atoms with Crippen molar-refractivity contribution in [1.29, 1.82) is 0 Å². The first-order valence-electron chi connectivity index (χ1n) is 6.66. The number of hydrogen-bond donors (Lipinski definition) is 0. The van der Waals surface area contributed by atoms with Crippen LogP contribution in [0.15, 0.2) is 54.9 Å². The van der Waals surface area contributed by atoms with Crippen molar-refractivity contribution in [2.75, 3.05) is 0 Å². The average Bonchev–Trinajstić information content (AvgIpc) is 2.91. The normalized spacial score (nSPS) is 10.8. The third kappa shape index (κ3) is 3.30. The second kappa shape index (κ2) is 6.20. The minimum absolute atomic E-state index is 0.683. The van der Waals surface area contributed by atoms with Gasteiger partial charge in [0.1, 0.15) is 0 Å². The fraction of sp³-hybridized carbons (Fsp3) is 0.118. The van der Waals surface area contributed by atoms with E-state index in [2.05, 4.69) is 58.2 Å². The first-order chi connectivity index (χ1) is 10.1. The quantitative estimate of drug-likeness (QED) is 0.547. The number of halogens is 2. The molecule has 0 unspecified atom stereocenters. The van der Waals surface area contributed by atoms with Crippen molar-refractivity contribution >= 4 is 34.2 Å². The van der Waals surface area contributed by atoms with Crippen LogP contribution in [0.5, 0.6) is 0 Å². The molecule has 3 rings (SSSR count). The number of nitrogens with zero attached hydrogens (tertiary/aromatic N) is 2. The van der Waals surface area contributed by atoms with Crippen molar-refractivity contribution in [2.45, 2.75) is 13.5 Å². The van der Waals surface area contributed by atoms with Gasteiger partial charge < -0.3 is 0 Å². The van der Waals surface area contributed by atoms with Gasteiger partial charge in [0, 0.05) is 20.4 Å². The molecule has 0 aliphatic heterocycles. The van der Waals surface area contributed by atoms with E-state index >= 15 is 0 Å². The summed E-state index contributed by atoms with van der Waals surface area (Å²) < 4.78 is 3.15. The zero-order valence-corrected chi connectivity index (χ0v) is 14.5. The third-order valence-electron chi connectivity index (χ3n) is 3.36. The molecule has 0 saturated heterocycles. The van der Waals surface area contributed by atoms with Gasteiger partial charge in [-0.2, -0.15) is 5.10 Å². The number of aryl methyl sites for hydroxylation is 1. The van der Waals surface area contributed by atoms with Crippen LogP contribution in [-0.2, 0) is 6.54 Å². The Kier molecular flexibility index (Phi) is 4.31. The minimum Gasteiger partial charge on any atom is -0.268 e. The molecule has 0 atom stereocenters. The van der Waals surface area contributed by atoms with Crippen LogP contribution in [0.25, 0.3) is 11.1 Å². The first-order valence-corrected chi connectivity index (χ1v) is 8.11. The monoisotopic (exact) mass is 408 g/mol. The molecule has 1 heterocycles. The van der Waals surface area contributed by atoms with Crippen molar-refractivity contribution in [3.05, 3.63) is 74.6 Å². The van der Waals surface area contributed by atoms with Crippen LogP contribution in [0.4, 0.5) is 0 Å². The molecule has 1 aromatic heterocycles. The fourth-order valence-electron chi connectivity index (χ4n) is 2.24. The summed E-state index contributed by atoms with van der Waals surface area (Å²) in [6, 6.07) is 14.4. The van der Waals surface area contributed by atoms with Crippen LogP contribution in [0.2, 0.25) is 5.02 Å². The fourth-order valence-corrected chi connectivity index (χ4v) is 3.23. The molecule has 21 heavy (non-hydrogen) atoms. The van der Waals surface area contributed by atoms with E-state index in [0.29, 0.717) is 6.54 Å². The van der Waals surface area contributed by atoms with Crippen LogP contribution in [0.3, 0.4) is 0 Å². The van der Waals surface area contributed by atoms with Gasteiger partial charge in [0.05, 0.1) is 12.7 Å². The highest BCUT2D eigenvalue weighted by Crippen LogP contribution is 2.25. The largest absolute Gasteiger partial charge is 0.268 e. The summed E-state index contributed by atoms with van der Waals surface area (Å²) in [5.41, 5.74) is 4.59. The lowest BCUT2D eigenvalue weighted by molar-refractivity contribution is 0.687. The highest BCUT2D eigenvalue weighted by molar-refractivity contribution is 14.1. The summed E-state index contributed by atoms with van der Waals surface area (Å²) in [5, 5.41) is 5.24. The van der Waals surface area contributed by atoms with Gasteiger partial charge in [0.2, 0.25) is 0 Å². The molecular formula is C17H14ClIN2. The molecule has 4 heteroatoms. The van der Waals surface area contributed by atoms with Crippen LogP contribution >= 0.6 is 34.2 Å². The third-order valence-corrected chi connectivity index (χ3v) is 4.65. The van der Waals surface area contributed by atoms with E-state index in [1.807, 2.05) is 36.0 Å². The Bertz CT molecular complexity index is 780. The second-order valence-electron chi connectivity index (χ2n) is 5.00. The maximum Gasteiger partial charge on any atom is 0.0674 e. The molecule has 0 aliphatic carbocycles. The Morgan fingerprint density at radius 3 is 2.76 bits per heavy atom. The van der Waals surface area contributed by atoms with Crippen LogP contribution < -0.4 is 0 Å². The van der Waals surface area contributed by atoms with Gasteiger partial charge in [-0.1, -0.05) is 41.9 Å². The van der Waals surface area contributed by atoms with Crippen molar-refractivity contribution in [3.8, 4) is 11.1 Å². The Morgan fingerprint density at radius 2 is 2.00 bits per heavy atom. The van der Waals surface area contributed by atoms with Crippen molar-refractivity contribution < 1.29 is 0 Å². The lowest BCUT2D eigenvalue weighted by Crippen LogP contribution is -2.00. The molecule has 0 saturated carbocycles. The lowest BCUT2D eigenvalue weighted by atomic mass is 10.1. The molecule has 0 fully saturated rings. The molecular weight excluding hydrogens is 395 g/mol. The van der Waals surface area contributed by atoms with Gasteiger partial charge in [-0.3, -0.25) is 4.68 Å². The van der Waals surface area contributed by atoms with E-state index in [1.54, 1.807) is 0 Å². The standard InChI is InChI=1S/C17H14ClIN2/c1-12-6-7-13(16(18)8-12)10-21-11-14(9-20-21)15-4-2-3-5-17(15)19/h2-9,11H,10H2,1H3. The van der Waals surface area contributed by atoms with Gasteiger partial charge in [-0.05, 0) is 58.3 Å². The highest BCUT2D eigenvalue weighted by Gasteiger charge is 2.07. The Morgan fingerprint density at radius 1 is 1.19 bits per heavy atom. The molecule has 0 N–H and O–H groups in total. The zero-order valence-electron chi connectivity index (χ0n) is 11.6. The molecule has 0 bridgehead atoms. The molecule has 0 spiro atoms. The molecule has 0 amide bonds. The predicted molar refractivity (Wildman–Crippen MR) is 95.7 cm³/mol. The van der Waals surface area contributed by atoms with Crippen molar-refractivity contribution in [2.24, 2.45) is 0 Å². The summed E-state index contributed by atoms with van der Waals surface area (Å²) in [6.07, 6.45) is 3.97. The summed E-state index contributed by atoms with van der Waals surface area (Å²) >= 11 is 8.63. The van der Waals surface area contributed by atoms with E-state index < -0.39 is 0 Å². The predicted octanol–water partition coefficient (Wildman–Crippen LogP) is 5.16. The molecule has 106 valence electrons. The summed E-state index contributed by atoms with van der Waals surface area (Å²) in [7, 11) is 0. The molecule has 0 radical (unpaired) electrons. The lowest BCUT2D eigenvalue weighted by Gasteiger charge is -2.05. The Labute approximate surface area is 142 Å². The summed E-state index contributed by atoms with van der Waals surface area (Å²) in [5.74, 6) is 0. The molecule has 0 aliphatic rings. The first kappa shape index (κ1) is 14.6. The van der Waals surface area contributed by atoms with Crippen LogP contribution in [0.1, 0.15) is 11.1 Å². The number of aromatic nitrogens is 2. The van der Waals surface area contributed by atoms with Gasteiger partial charge in [0.15, 0.2) is 0 Å². The summed E-state index contributed by atoms with van der Waals surface area (Å²) in [6.45, 7) is 2.72. The summed E-state index contributed by atoms with van der Waals surface area (Å²) in [4.78, 5) is 0. The number of benzene rings is 2. The maximum absolute atomic E-state index is 6.29. The maximum atomic E-state index is 6.29. The minimum atomic E-state index is 0.683. The zero-order chi connectivity index (χ0) is 14.8. The van der Waals surface area contributed by atoms with E-state index in [-0.39, 0.29) is 0 Å². The topological polar surface area (TPSA) is 17.8 Å². The van der Waals surface area contributed by atoms with Crippen molar-refractivity contribution in [3.63, 3.8) is 0 Å². The van der Waals surface area contributed by atoms with Gasteiger partial charge in [-0.25, -0.2) is 0 Å². The van der Waals surface area contributed by atoms with E-state index in [9.17, 15) is 0 Å². The Balaban J connectivity index is 1.87. The smallest absolute Gasteiger partial charge is 0.0674 e.